The van der Waals surface area contributed by atoms with Gasteiger partial charge in [0.05, 0.1) is 32.4 Å². The summed E-state index contributed by atoms with van der Waals surface area (Å²) in [6.07, 6.45) is 1.62. The van der Waals surface area contributed by atoms with Crippen molar-refractivity contribution in [2.45, 2.75) is 0 Å². The van der Waals surface area contributed by atoms with Crippen molar-refractivity contribution in [1.29, 1.82) is 0 Å². The molecule has 0 aliphatic rings. The van der Waals surface area contributed by atoms with E-state index in [0.717, 1.165) is 10.8 Å². The molecule has 0 bridgehead atoms. The van der Waals surface area contributed by atoms with E-state index in [0.29, 0.717) is 39.4 Å². The minimum absolute atomic E-state index is 0.207. The minimum atomic E-state index is -0.207. The molecule has 0 saturated carbocycles. The number of rotatable bonds is 6. The molecule has 5 rings (SSSR count). The van der Waals surface area contributed by atoms with Gasteiger partial charge in [-0.05, 0) is 47.2 Å². The van der Waals surface area contributed by atoms with Crippen LogP contribution in [-0.2, 0) is 0 Å². The maximum atomic E-state index is 13.7. The van der Waals surface area contributed by atoms with Crippen molar-refractivity contribution < 1.29 is 19.0 Å². The third-order valence-electron chi connectivity index (χ3n) is 5.76. The first-order valence-electron chi connectivity index (χ1n) is 11.0. The smallest absolute Gasteiger partial charge is 0.265 e. The van der Waals surface area contributed by atoms with Gasteiger partial charge in [-0.1, -0.05) is 42.5 Å². The zero-order valence-electron chi connectivity index (χ0n) is 19.6. The average molecular weight is 466 g/mol. The molecule has 4 aromatic carbocycles. The lowest BCUT2D eigenvalue weighted by atomic mass is 10.1. The summed E-state index contributed by atoms with van der Waals surface area (Å²) in [6, 6.07) is 24.6. The highest BCUT2D eigenvalue weighted by molar-refractivity contribution is 6.05. The lowest BCUT2D eigenvalue weighted by molar-refractivity contribution is 0.0966. The largest absolute Gasteiger partial charge is 0.493 e. The molecule has 0 aliphatic heterocycles. The van der Waals surface area contributed by atoms with Gasteiger partial charge >= 0.3 is 0 Å². The summed E-state index contributed by atoms with van der Waals surface area (Å²) in [7, 11) is 4.66. The molecule has 0 fully saturated rings. The zero-order chi connectivity index (χ0) is 24.4. The first-order chi connectivity index (χ1) is 17.1. The minimum Gasteiger partial charge on any atom is -0.493 e. The van der Waals surface area contributed by atoms with Crippen LogP contribution >= 0.6 is 0 Å². The Balaban J connectivity index is 1.60. The van der Waals surface area contributed by atoms with Gasteiger partial charge in [0.1, 0.15) is 0 Å². The standard InChI is InChI=1S/C28H23N3O4/c1-33-24-14-18(15-25(34-2)26(24)35-3)17-29-28-30-22-10-6-7-11-23(22)31(28)27(32)21-13-12-19-8-4-5-9-20(19)16-21/h4-17H,1-3H3/b29-17+. The molecule has 0 unspecified atom stereocenters. The molecular weight excluding hydrogens is 442 g/mol. The number of benzene rings is 4. The van der Waals surface area contributed by atoms with Crippen LogP contribution in [0.15, 0.2) is 83.9 Å². The number of carbonyl (C=O) groups excluding carboxylic acids is 1. The predicted octanol–water partition coefficient (Wildman–Crippen LogP) is 5.65. The molecule has 0 radical (unpaired) electrons. The van der Waals surface area contributed by atoms with Crippen LogP contribution < -0.4 is 14.2 Å². The van der Waals surface area contributed by atoms with Crippen molar-refractivity contribution in [3.63, 3.8) is 0 Å². The fourth-order valence-corrected chi connectivity index (χ4v) is 4.06. The van der Waals surface area contributed by atoms with E-state index in [1.54, 1.807) is 39.7 Å². The first-order valence-corrected chi connectivity index (χ1v) is 11.0. The average Bonchev–Trinajstić information content (AvgIpc) is 3.28. The Bertz CT molecular complexity index is 1560. The van der Waals surface area contributed by atoms with Gasteiger partial charge in [-0.3, -0.25) is 4.79 Å². The van der Waals surface area contributed by atoms with Crippen LogP contribution in [0.5, 0.6) is 17.2 Å². The van der Waals surface area contributed by atoms with Gasteiger partial charge in [0.2, 0.25) is 11.7 Å². The number of imidazole rings is 1. The number of nitrogens with zero attached hydrogens (tertiary/aromatic N) is 3. The number of aliphatic imine (C=N–C) groups is 1. The number of hydrogen-bond donors (Lipinski definition) is 0. The summed E-state index contributed by atoms with van der Waals surface area (Å²) in [4.78, 5) is 22.9. The van der Waals surface area contributed by atoms with Crippen LogP contribution in [0, 0.1) is 0 Å². The van der Waals surface area contributed by atoms with Gasteiger partial charge in [-0.25, -0.2) is 14.5 Å². The monoisotopic (exact) mass is 465 g/mol. The molecule has 0 spiro atoms. The molecule has 0 amide bonds. The van der Waals surface area contributed by atoms with E-state index < -0.39 is 0 Å². The Morgan fingerprint density at radius 3 is 2.23 bits per heavy atom. The number of aromatic nitrogens is 2. The van der Waals surface area contributed by atoms with E-state index in [-0.39, 0.29) is 11.9 Å². The van der Waals surface area contributed by atoms with Gasteiger partial charge < -0.3 is 14.2 Å². The molecule has 0 saturated heterocycles. The quantitative estimate of drug-likeness (QED) is 0.303. The van der Waals surface area contributed by atoms with Gasteiger partial charge in [0, 0.05) is 17.3 Å². The summed E-state index contributed by atoms with van der Waals surface area (Å²) < 4.78 is 17.8. The Labute approximate surface area is 202 Å². The molecular formula is C28H23N3O4. The fourth-order valence-electron chi connectivity index (χ4n) is 4.06. The lowest BCUT2D eigenvalue weighted by Crippen LogP contribution is -2.11. The Morgan fingerprint density at radius 2 is 1.51 bits per heavy atom. The van der Waals surface area contributed by atoms with Crippen LogP contribution in [0.25, 0.3) is 21.8 Å². The molecule has 0 atom stereocenters. The van der Waals surface area contributed by atoms with Crippen LogP contribution in [-0.4, -0.2) is 43.0 Å². The molecule has 1 heterocycles. The second-order valence-corrected chi connectivity index (χ2v) is 7.82. The van der Waals surface area contributed by atoms with E-state index in [9.17, 15) is 4.79 Å². The van der Waals surface area contributed by atoms with Gasteiger partial charge in [-0.2, -0.15) is 0 Å². The van der Waals surface area contributed by atoms with E-state index in [2.05, 4.69) is 9.98 Å². The number of hydrogen-bond acceptors (Lipinski definition) is 6. The van der Waals surface area contributed by atoms with Gasteiger partial charge in [0.25, 0.3) is 5.91 Å². The maximum absolute atomic E-state index is 13.7. The van der Waals surface area contributed by atoms with Crippen LogP contribution in [0.1, 0.15) is 15.9 Å². The van der Waals surface area contributed by atoms with Gasteiger partial charge in [0.15, 0.2) is 11.5 Å². The predicted molar refractivity (Wildman–Crippen MR) is 137 cm³/mol. The van der Waals surface area contributed by atoms with Crippen LogP contribution in [0.4, 0.5) is 5.95 Å². The fraction of sp³-hybridized carbons (Fsp3) is 0.107. The Kier molecular flexibility index (Phi) is 5.89. The van der Waals surface area contributed by atoms with E-state index in [4.69, 9.17) is 14.2 Å². The van der Waals surface area contributed by atoms with Crippen molar-refractivity contribution in [2.75, 3.05) is 21.3 Å². The highest BCUT2D eigenvalue weighted by atomic mass is 16.5. The van der Waals surface area contributed by atoms with Crippen molar-refractivity contribution in [1.82, 2.24) is 9.55 Å². The van der Waals surface area contributed by atoms with E-state index >= 15 is 0 Å². The second-order valence-electron chi connectivity index (χ2n) is 7.82. The van der Waals surface area contributed by atoms with E-state index in [1.165, 1.54) is 4.57 Å². The van der Waals surface area contributed by atoms with Crippen molar-refractivity contribution >= 4 is 39.9 Å². The Hall–Kier alpha value is -4.65. The topological polar surface area (TPSA) is 74.9 Å². The molecule has 7 heteroatoms. The molecule has 0 aliphatic carbocycles. The lowest BCUT2D eigenvalue weighted by Gasteiger charge is -2.12. The Morgan fingerprint density at radius 1 is 0.829 bits per heavy atom. The first kappa shape index (κ1) is 22.2. The number of para-hydroxylation sites is 2. The summed E-state index contributed by atoms with van der Waals surface area (Å²) >= 11 is 0. The molecule has 174 valence electrons. The van der Waals surface area contributed by atoms with E-state index in [1.807, 2.05) is 66.7 Å². The summed E-state index contributed by atoms with van der Waals surface area (Å²) in [5, 5.41) is 2.06. The summed E-state index contributed by atoms with van der Waals surface area (Å²) in [5.74, 6) is 1.58. The number of fused-ring (bicyclic) bond motifs is 2. The molecule has 35 heavy (non-hydrogen) atoms. The molecule has 5 aromatic rings. The second kappa shape index (κ2) is 9.30. The molecule has 7 nitrogen and oxygen atoms in total. The number of carbonyl (C=O) groups is 1. The van der Waals surface area contributed by atoms with Crippen LogP contribution in [0.2, 0.25) is 0 Å². The zero-order valence-corrected chi connectivity index (χ0v) is 19.6. The van der Waals surface area contributed by atoms with Crippen molar-refractivity contribution in [3.05, 3.63) is 90.0 Å². The van der Waals surface area contributed by atoms with Crippen LogP contribution in [0.3, 0.4) is 0 Å². The maximum Gasteiger partial charge on any atom is 0.265 e. The van der Waals surface area contributed by atoms with Gasteiger partial charge in [-0.15, -0.1) is 0 Å². The normalized spacial score (nSPS) is 11.3. The molecule has 1 aromatic heterocycles. The highest BCUT2D eigenvalue weighted by Gasteiger charge is 2.19. The number of ether oxygens (including phenoxy) is 3. The summed E-state index contributed by atoms with van der Waals surface area (Å²) in [5.41, 5.74) is 2.62. The van der Waals surface area contributed by atoms with Crippen molar-refractivity contribution in [2.24, 2.45) is 4.99 Å². The highest BCUT2D eigenvalue weighted by Crippen LogP contribution is 2.38. The third kappa shape index (κ3) is 4.08. The third-order valence-corrected chi connectivity index (χ3v) is 5.76. The SMILES string of the molecule is COc1cc(/C=N/c2nc3ccccc3n2C(=O)c2ccc3ccccc3c2)cc(OC)c1OC. The summed E-state index contributed by atoms with van der Waals surface area (Å²) in [6.45, 7) is 0. The number of methoxy groups -OCH3 is 3. The molecule has 0 N–H and O–H groups in total. The van der Waals surface area contributed by atoms with Crippen molar-refractivity contribution in [3.8, 4) is 17.2 Å².